The largest absolute Gasteiger partial charge is 0.449 e. The number of alkyl halides is 2. The number of hydrogen-bond donors (Lipinski definition) is 3. The van der Waals surface area contributed by atoms with Crippen molar-refractivity contribution in [3.05, 3.63) is 52.9 Å². The van der Waals surface area contributed by atoms with Crippen LogP contribution >= 0.6 is 11.8 Å². The summed E-state index contributed by atoms with van der Waals surface area (Å²) in [7, 11) is 0. The SMILES string of the molecule is CCC(=O)O[C@]1(C(=O)SCF)[C@H](C)C[C@H]2[C@@H]3CCC4=Cc5c(cnn5-c5cccc(C(=O)N[C@@H](C)C(N)=O)c5)C[C@]4(C)[C@@]3(F)[C@@H](O)C[C@@]21C. The lowest BCUT2D eigenvalue weighted by atomic mass is 9.44. The molecule has 0 unspecified atom stereocenters. The van der Waals surface area contributed by atoms with Crippen molar-refractivity contribution in [2.24, 2.45) is 34.3 Å². The number of carbonyl (C=O) groups excluding carboxylic acids is 4. The van der Waals surface area contributed by atoms with Crippen LogP contribution in [0.2, 0.25) is 0 Å². The van der Waals surface area contributed by atoms with Gasteiger partial charge in [0.15, 0.2) is 5.60 Å². The number of amides is 2. The number of benzene rings is 1. The number of carbonyl (C=O) groups is 4. The average Bonchev–Trinajstić information content (AvgIpc) is 3.56. The van der Waals surface area contributed by atoms with Crippen LogP contribution in [0.15, 0.2) is 36.0 Å². The van der Waals surface area contributed by atoms with Crippen molar-refractivity contribution < 1.29 is 37.8 Å². The molecule has 2 amide bonds. The third kappa shape index (κ3) is 5.00. The van der Waals surface area contributed by atoms with Crippen LogP contribution in [0.1, 0.15) is 88.3 Å². The Morgan fingerprint density at radius 2 is 1.98 bits per heavy atom. The Morgan fingerprint density at radius 3 is 2.65 bits per heavy atom. The number of aliphatic hydroxyl groups is 1. The van der Waals surface area contributed by atoms with Gasteiger partial charge in [0.2, 0.25) is 11.0 Å². The number of nitrogens with two attached hydrogens (primary N) is 1. The highest BCUT2D eigenvalue weighted by Gasteiger charge is 2.77. The first-order chi connectivity index (χ1) is 23.1. The van der Waals surface area contributed by atoms with Crippen LogP contribution < -0.4 is 11.1 Å². The van der Waals surface area contributed by atoms with E-state index in [4.69, 9.17) is 10.5 Å². The first kappa shape index (κ1) is 35.3. The van der Waals surface area contributed by atoms with Crippen LogP contribution in [0.25, 0.3) is 11.8 Å². The predicted molar refractivity (Wildman–Crippen MR) is 180 cm³/mol. The Labute approximate surface area is 288 Å². The number of halogens is 2. The van der Waals surface area contributed by atoms with Crippen molar-refractivity contribution >= 4 is 40.7 Å². The average molecular weight is 699 g/mol. The van der Waals surface area contributed by atoms with Crippen molar-refractivity contribution in [1.29, 1.82) is 0 Å². The Kier molecular flexibility index (Phi) is 8.87. The number of primary amides is 1. The number of nitrogens with zero attached hydrogens (tertiary/aromatic N) is 2. The molecule has 49 heavy (non-hydrogen) atoms. The lowest BCUT2D eigenvalue weighted by molar-refractivity contribution is -0.231. The molecule has 0 aliphatic heterocycles. The van der Waals surface area contributed by atoms with Crippen molar-refractivity contribution in [1.82, 2.24) is 15.1 Å². The molecule has 0 spiro atoms. The second-order valence-electron chi connectivity index (χ2n) is 14.7. The summed E-state index contributed by atoms with van der Waals surface area (Å²) in [6.07, 6.45) is 3.64. The molecule has 4 N–H and O–H groups in total. The van der Waals surface area contributed by atoms with Gasteiger partial charge in [0, 0.05) is 34.7 Å². The van der Waals surface area contributed by atoms with Crippen LogP contribution in [0.3, 0.4) is 0 Å². The Hall–Kier alpha value is -3.58. The lowest BCUT2D eigenvalue weighted by Gasteiger charge is -2.63. The summed E-state index contributed by atoms with van der Waals surface area (Å²) in [4.78, 5) is 50.8. The van der Waals surface area contributed by atoms with E-state index in [0.29, 0.717) is 42.3 Å². The van der Waals surface area contributed by atoms with E-state index in [2.05, 4.69) is 10.4 Å². The highest BCUT2D eigenvalue weighted by molar-refractivity contribution is 8.13. The molecule has 0 bridgehead atoms. The summed E-state index contributed by atoms with van der Waals surface area (Å²) in [5.41, 5.74) is 2.62. The van der Waals surface area contributed by atoms with Gasteiger partial charge >= 0.3 is 5.97 Å². The minimum absolute atomic E-state index is 0.0239. The normalized spacial score (nSPS) is 35.1. The second-order valence-corrected chi connectivity index (χ2v) is 15.6. The number of allylic oxidation sites excluding steroid dienone is 1. The van der Waals surface area contributed by atoms with Gasteiger partial charge in [0.1, 0.15) is 17.7 Å². The van der Waals surface area contributed by atoms with Crippen LogP contribution in [0.4, 0.5) is 8.78 Å². The van der Waals surface area contributed by atoms with Crippen molar-refractivity contribution in [2.45, 2.75) is 96.6 Å². The maximum atomic E-state index is 18.3. The fourth-order valence-corrected chi connectivity index (χ4v) is 10.6. The van der Waals surface area contributed by atoms with Crippen LogP contribution in [0, 0.1) is 28.6 Å². The first-order valence-corrected chi connectivity index (χ1v) is 17.9. The summed E-state index contributed by atoms with van der Waals surface area (Å²) >= 11 is 0.466. The minimum Gasteiger partial charge on any atom is -0.449 e. The van der Waals surface area contributed by atoms with Crippen molar-refractivity contribution in [3.8, 4) is 5.69 Å². The molecule has 1 heterocycles. The summed E-state index contributed by atoms with van der Waals surface area (Å²) in [5, 5.41) is 18.6. The number of rotatable bonds is 8. The number of hydrogen-bond acceptors (Lipinski definition) is 8. The van der Waals surface area contributed by atoms with Crippen molar-refractivity contribution in [3.63, 3.8) is 0 Å². The molecule has 3 fully saturated rings. The van der Waals surface area contributed by atoms with Gasteiger partial charge < -0.3 is 20.9 Å². The molecule has 6 rings (SSSR count). The van der Waals surface area contributed by atoms with Gasteiger partial charge in [-0.1, -0.05) is 39.3 Å². The van der Waals surface area contributed by atoms with Gasteiger partial charge in [0.05, 0.1) is 23.7 Å². The fourth-order valence-electron chi connectivity index (χ4n) is 9.81. The molecule has 10 nitrogen and oxygen atoms in total. The van der Waals surface area contributed by atoms with Crippen molar-refractivity contribution in [2.75, 3.05) is 6.01 Å². The van der Waals surface area contributed by atoms with E-state index in [1.54, 1.807) is 42.1 Å². The molecule has 0 radical (unpaired) electrons. The lowest BCUT2D eigenvalue weighted by Crippen LogP contribution is -2.70. The van der Waals surface area contributed by atoms with Gasteiger partial charge in [0.25, 0.3) is 5.91 Å². The number of ether oxygens (including phenoxy) is 1. The fraction of sp³-hybridized carbons (Fsp3) is 0.583. The number of thioether (sulfide) groups is 1. The highest BCUT2D eigenvalue weighted by Crippen LogP contribution is 2.72. The van der Waals surface area contributed by atoms with Crippen LogP contribution in [-0.2, 0) is 25.5 Å². The summed E-state index contributed by atoms with van der Waals surface area (Å²) < 4.78 is 39.6. The molecule has 264 valence electrons. The molecule has 4 aliphatic rings. The van der Waals surface area contributed by atoms with Gasteiger partial charge in [-0.25, -0.2) is 13.5 Å². The van der Waals surface area contributed by atoms with E-state index in [-0.39, 0.29) is 19.3 Å². The molecule has 4 aliphatic carbocycles. The molecule has 13 heteroatoms. The molecule has 3 saturated carbocycles. The second kappa shape index (κ2) is 12.3. The van der Waals surface area contributed by atoms with Crippen LogP contribution in [0.5, 0.6) is 0 Å². The van der Waals surface area contributed by atoms with Crippen LogP contribution in [-0.4, -0.2) is 67.2 Å². The van der Waals surface area contributed by atoms with E-state index in [1.165, 1.54) is 6.92 Å². The van der Waals surface area contributed by atoms with Gasteiger partial charge in [-0.3, -0.25) is 19.2 Å². The number of aromatic nitrogens is 2. The third-order valence-electron chi connectivity index (χ3n) is 12.3. The molecule has 1 aromatic carbocycles. The first-order valence-electron chi connectivity index (χ1n) is 16.9. The zero-order valence-electron chi connectivity index (χ0n) is 28.4. The molecule has 0 saturated heterocycles. The van der Waals surface area contributed by atoms with E-state index in [0.717, 1.165) is 16.8 Å². The standard InChI is InChI=1S/C36H44F2N4O6S/c1-6-29(44)48-36(32(47)49-18-37)19(2)12-26-25-11-10-23-14-27-22(15-33(23,4)35(25,38)28(43)16-34(26,36)5)17-40-42(27)24-9-7-8-21(13-24)31(46)41-20(3)30(39)45/h7-9,13-14,17,19-20,25-26,28,43H,6,10-12,15-16,18H2,1-5H3,(H2,39,45)(H,41,46)/t19-,20+,25+,26+,28+,33+,34+,35+,36+/m1/s1. The highest BCUT2D eigenvalue weighted by atomic mass is 32.2. The maximum Gasteiger partial charge on any atom is 0.306 e. The number of aliphatic hydroxyl groups excluding tert-OH is 1. The topological polar surface area (TPSA) is 154 Å². The summed E-state index contributed by atoms with van der Waals surface area (Å²) in [6, 6.07) is 4.96. The Balaban J connectivity index is 1.35. The van der Waals surface area contributed by atoms with Gasteiger partial charge in [-0.2, -0.15) is 5.10 Å². The number of fused-ring (bicyclic) bond motifs is 6. The molecular weight excluding hydrogens is 654 g/mol. The minimum atomic E-state index is -2.07. The van der Waals surface area contributed by atoms with E-state index in [9.17, 15) is 28.7 Å². The predicted octanol–water partition coefficient (Wildman–Crippen LogP) is 4.85. The molecular formula is C36H44F2N4O6S. The number of nitrogens with one attached hydrogen (secondary N) is 1. The summed E-state index contributed by atoms with van der Waals surface area (Å²) in [6.45, 7) is 8.60. The quantitative estimate of drug-likeness (QED) is 0.331. The van der Waals surface area contributed by atoms with E-state index in [1.807, 2.05) is 26.8 Å². The Morgan fingerprint density at radius 1 is 1.24 bits per heavy atom. The molecule has 1 aromatic heterocycles. The summed E-state index contributed by atoms with van der Waals surface area (Å²) in [5.74, 6) is -3.26. The van der Waals surface area contributed by atoms with Gasteiger partial charge in [-0.05, 0) is 86.5 Å². The Bertz CT molecular complexity index is 1750. The van der Waals surface area contributed by atoms with E-state index >= 15 is 4.39 Å². The zero-order valence-corrected chi connectivity index (χ0v) is 29.2. The molecule has 2 aromatic rings. The third-order valence-corrected chi connectivity index (χ3v) is 13.0. The zero-order chi connectivity index (χ0) is 35.7. The maximum absolute atomic E-state index is 18.3. The van der Waals surface area contributed by atoms with Gasteiger partial charge in [-0.15, -0.1) is 0 Å². The molecule has 9 atom stereocenters. The van der Waals surface area contributed by atoms with E-state index < -0.39 is 80.9 Å². The number of esters is 1. The monoisotopic (exact) mass is 698 g/mol. The smallest absolute Gasteiger partial charge is 0.306 e.